The Morgan fingerprint density at radius 2 is 2.21 bits per heavy atom. The van der Waals surface area contributed by atoms with Crippen molar-refractivity contribution < 1.29 is 4.39 Å². The Kier molecular flexibility index (Phi) is 3.85. The maximum absolute atomic E-state index is 13.2. The average molecular weight is 262 g/mol. The Labute approximate surface area is 115 Å². The van der Waals surface area contributed by atoms with Crippen LogP contribution in [0.5, 0.6) is 0 Å². The lowest BCUT2D eigenvalue weighted by atomic mass is 10.0. The number of aryl methyl sites for hydroxylation is 1. The summed E-state index contributed by atoms with van der Waals surface area (Å²) in [5.74, 6) is -0.101. The molecule has 3 rings (SSSR count). The van der Waals surface area contributed by atoms with Crippen molar-refractivity contribution in [3.8, 4) is 0 Å². The molecule has 2 nitrogen and oxygen atoms in total. The van der Waals surface area contributed by atoms with E-state index in [2.05, 4.69) is 17.3 Å². The standard InChI is InChI=1S/C16H23FN2/c1-19(11-14-4-2-3-9-18-14)16-8-5-12-10-13(17)6-7-15(12)16/h6-7,10,14,16,18H,2-5,8-9,11H2,1H3. The Morgan fingerprint density at radius 1 is 1.32 bits per heavy atom. The van der Waals surface area contributed by atoms with E-state index in [1.807, 2.05) is 6.07 Å². The molecule has 1 N–H and O–H groups in total. The Hall–Kier alpha value is -0.930. The van der Waals surface area contributed by atoms with Crippen molar-refractivity contribution in [3.05, 3.63) is 35.1 Å². The number of hydrogen-bond acceptors (Lipinski definition) is 2. The molecular formula is C16H23FN2. The maximum Gasteiger partial charge on any atom is 0.123 e. The average Bonchev–Trinajstić information content (AvgIpc) is 2.82. The van der Waals surface area contributed by atoms with E-state index in [0.717, 1.165) is 25.9 Å². The highest BCUT2D eigenvalue weighted by molar-refractivity contribution is 5.35. The first-order chi connectivity index (χ1) is 9.24. The quantitative estimate of drug-likeness (QED) is 0.901. The van der Waals surface area contributed by atoms with Crippen LogP contribution in [-0.2, 0) is 6.42 Å². The Balaban J connectivity index is 1.67. The second kappa shape index (κ2) is 5.59. The fourth-order valence-corrected chi connectivity index (χ4v) is 3.58. The van der Waals surface area contributed by atoms with Crippen molar-refractivity contribution in [1.82, 2.24) is 10.2 Å². The molecule has 2 unspecified atom stereocenters. The fourth-order valence-electron chi connectivity index (χ4n) is 3.58. The van der Waals surface area contributed by atoms with Crippen molar-refractivity contribution in [2.75, 3.05) is 20.1 Å². The molecule has 1 fully saturated rings. The topological polar surface area (TPSA) is 15.3 Å². The van der Waals surface area contributed by atoms with Crippen LogP contribution in [0.4, 0.5) is 4.39 Å². The van der Waals surface area contributed by atoms with Crippen molar-refractivity contribution >= 4 is 0 Å². The monoisotopic (exact) mass is 262 g/mol. The summed E-state index contributed by atoms with van der Waals surface area (Å²) in [6.45, 7) is 2.26. The second-order valence-corrected chi connectivity index (χ2v) is 5.98. The van der Waals surface area contributed by atoms with Gasteiger partial charge in [-0.2, -0.15) is 0 Å². The molecule has 3 heteroatoms. The second-order valence-electron chi connectivity index (χ2n) is 5.98. The van der Waals surface area contributed by atoms with Gasteiger partial charge in [0.25, 0.3) is 0 Å². The molecule has 1 aromatic carbocycles. The predicted molar refractivity (Wildman–Crippen MR) is 75.7 cm³/mol. The van der Waals surface area contributed by atoms with Crippen LogP contribution in [-0.4, -0.2) is 31.1 Å². The molecule has 0 amide bonds. The molecule has 1 aliphatic carbocycles. The van der Waals surface area contributed by atoms with Gasteiger partial charge in [0.05, 0.1) is 0 Å². The van der Waals surface area contributed by atoms with E-state index in [4.69, 9.17) is 0 Å². The molecule has 2 atom stereocenters. The van der Waals surface area contributed by atoms with Crippen LogP contribution < -0.4 is 5.32 Å². The van der Waals surface area contributed by atoms with Gasteiger partial charge in [-0.15, -0.1) is 0 Å². The molecule has 19 heavy (non-hydrogen) atoms. The SMILES string of the molecule is CN(CC1CCCCN1)C1CCc2cc(F)ccc21. The summed E-state index contributed by atoms with van der Waals surface area (Å²) in [6.07, 6.45) is 6.08. The van der Waals surface area contributed by atoms with Gasteiger partial charge in [-0.05, 0) is 62.5 Å². The van der Waals surface area contributed by atoms with Crippen LogP contribution in [0.3, 0.4) is 0 Å². The lowest BCUT2D eigenvalue weighted by molar-refractivity contribution is 0.203. The lowest BCUT2D eigenvalue weighted by Crippen LogP contribution is -2.43. The number of nitrogens with zero attached hydrogens (tertiary/aromatic N) is 1. The Bertz CT molecular complexity index is 440. The molecule has 2 aliphatic rings. The van der Waals surface area contributed by atoms with E-state index in [9.17, 15) is 4.39 Å². The summed E-state index contributed by atoms with van der Waals surface area (Å²) in [5.41, 5.74) is 2.54. The summed E-state index contributed by atoms with van der Waals surface area (Å²) < 4.78 is 13.2. The van der Waals surface area contributed by atoms with Gasteiger partial charge in [0.15, 0.2) is 0 Å². The molecular weight excluding hydrogens is 239 g/mol. The largest absolute Gasteiger partial charge is 0.313 e. The number of fused-ring (bicyclic) bond motifs is 1. The molecule has 104 valence electrons. The number of nitrogens with one attached hydrogen (secondary N) is 1. The highest BCUT2D eigenvalue weighted by Gasteiger charge is 2.27. The third-order valence-electron chi connectivity index (χ3n) is 4.60. The molecule has 1 heterocycles. The zero-order valence-corrected chi connectivity index (χ0v) is 11.7. The van der Waals surface area contributed by atoms with Gasteiger partial charge in [0.2, 0.25) is 0 Å². The van der Waals surface area contributed by atoms with E-state index in [1.165, 1.54) is 30.4 Å². The van der Waals surface area contributed by atoms with Gasteiger partial charge in [0.1, 0.15) is 5.82 Å². The first-order valence-electron chi connectivity index (χ1n) is 7.46. The fraction of sp³-hybridized carbons (Fsp3) is 0.625. The van der Waals surface area contributed by atoms with Crippen molar-refractivity contribution in [2.45, 2.75) is 44.2 Å². The first-order valence-corrected chi connectivity index (χ1v) is 7.46. The van der Waals surface area contributed by atoms with Crippen LogP contribution in [0.2, 0.25) is 0 Å². The van der Waals surface area contributed by atoms with Crippen LogP contribution in [0, 0.1) is 5.82 Å². The molecule has 0 bridgehead atoms. The van der Waals surface area contributed by atoms with Gasteiger partial charge in [0, 0.05) is 18.6 Å². The summed E-state index contributed by atoms with van der Waals surface area (Å²) in [4.78, 5) is 2.45. The molecule has 1 aromatic rings. The normalized spacial score (nSPS) is 26.7. The lowest BCUT2D eigenvalue weighted by Gasteiger charge is -2.32. The van der Waals surface area contributed by atoms with E-state index in [-0.39, 0.29) is 5.82 Å². The number of benzene rings is 1. The van der Waals surface area contributed by atoms with Crippen LogP contribution in [0.25, 0.3) is 0 Å². The number of halogens is 1. The minimum atomic E-state index is -0.101. The minimum absolute atomic E-state index is 0.101. The van der Waals surface area contributed by atoms with Crippen molar-refractivity contribution in [1.29, 1.82) is 0 Å². The summed E-state index contributed by atoms with van der Waals surface area (Å²) in [6, 6.07) is 6.39. The zero-order valence-electron chi connectivity index (χ0n) is 11.7. The highest BCUT2D eigenvalue weighted by atomic mass is 19.1. The number of rotatable bonds is 3. The summed E-state index contributed by atoms with van der Waals surface area (Å²) >= 11 is 0. The van der Waals surface area contributed by atoms with Gasteiger partial charge in [-0.3, -0.25) is 4.90 Å². The summed E-state index contributed by atoms with van der Waals surface area (Å²) in [7, 11) is 2.21. The number of piperidine rings is 1. The molecule has 1 aliphatic heterocycles. The number of hydrogen-bond donors (Lipinski definition) is 1. The molecule has 0 saturated carbocycles. The zero-order chi connectivity index (χ0) is 13.2. The van der Waals surface area contributed by atoms with Gasteiger partial charge in [-0.1, -0.05) is 12.5 Å². The third-order valence-corrected chi connectivity index (χ3v) is 4.60. The van der Waals surface area contributed by atoms with Crippen molar-refractivity contribution in [2.24, 2.45) is 0 Å². The van der Waals surface area contributed by atoms with Gasteiger partial charge >= 0.3 is 0 Å². The van der Waals surface area contributed by atoms with E-state index in [1.54, 1.807) is 12.1 Å². The van der Waals surface area contributed by atoms with E-state index in [0.29, 0.717) is 12.1 Å². The maximum atomic E-state index is 13.2. The first kappa shape index (κ1) is 13.1. The number of likely N-dealkylation sites (N-methyl/N-ethyl adjacent to an activating group) is 1. The van der Waals surface area contributed by atoms with Crippen LogP contribution in [0.15, 0.2) is 18.2 Å². The smallest absolute Gasteiger partial charge is 0.123 e. The Morgan fingerprint density at radius 3 is 3.00 bits per heavy atom. The molecule has 0 spiro atoms. The van der Waals surface area contributed by atoms with Crippen LogP contribution in [0.1, 0.15) is 42.9 Å². The van der Waals surface area contributed by atoms with E-state index >= 15 is 0 Å². The molecule has 0 aromatic heterocycles. The molecule has 0 radical (unpaired) electrons. The van der Waals surface area contributed by atoms with Gasteiger partial charge in [-0.25, -0.2) is 4.39 Å². The highest BCUT2D eigenvalue weighted by Crippen LogP contribution is 2.35. The predicted octanol–water partition coefficient (Wildman–Crippen LogP) is 2.89. The van der Waals surface area contributed by atoms with Crippen molar-refractivity contribution in [3.63, 3.8) is 0 Å². The summed E-state index contributed by atoms with van der Waals surface area (Å²) in [5, 5.41) is 3.60. The molecule has 1 saturated heterocycles. The van der Waals surface area contributed by atoms with Crippen LogP contribution >= 0.6 is 0 Å². The van der Waals surface area contributed by atoms with Gasteiger partial charge < -0.3 is 5.32 Å². The minimum Gasteiger partial charge on any atom is -0.313 e. The van der Waals surface area contributed by atoms with E-state index < -0.39 is 0 Å². The third kappa shape index (κ3) is 2.82.